The van der Waals surface area contributed by atoms with E-state index in [4.69, 9.17) is 4.74 Å². The Balaban J connectivity index is 2.45. The van der Waals surface area contributed by atoms with E-state index in [0.29, 0.717) is 29.6 Å². The molecule has 1 aliphatic heterocycles. The van der Waals surface area contributed by atoms with Crippen molar-refractivity contribution in [1.82, 2.24) is 4.90 Å². The molecule has 1 aliphatic carbocycles. The number of morpholine rings is 1. The summed E-state index contributed by atoms with van der Waals surface area (Å²) in [6.07, 6.45) is 19.8. The van der Waals surface area contributed by atoms with E-state index in [0.717, 1.165) is 42.8 Å². The lowest BCUT2D eigenvalue weighted by Crippen LogP contribution is -2.36. The largest absolute Gasteiger partial charge is 0.378 e. The Labute approximate surface area is 232 Å². The fourth-order valence-corrected chi connectivity index (χ4v) is 5.51. The predicted octanol–water partition coefficient (Wildman–Crippen LogP) is 5.08. The number of hydrogen-bond donors (Lipinski definition) is 0. The zero-order valence-electron chi connectivity index (χ0n) is 21.3. The van der Waals surface area contributed by atoms with Gasteiger partial charge in [-0.15, -0.1) is 8.20 Å². The first-order chi connectivity index (χ1) is 19.0. The normalized spacial score (nSPS) is 18.4. The summed E-state index contributed by atoms with van der Waals surface area (Å²) in [6, 6.07) is 11.8. The molecule has 0 amide bonds. The summed E-state index contributed by atoms with van der Waals surface area (Å²) in [5, 5.41) is 56.4. The van der Waals surface area contributed by atoms with Crippen molar-refractivity contribution >= 4 is 29.0 Å². The van der Waals surface area contributed by atoms with Crippen molar-refractivity contribution < 1.29 is 4.74 Å². The van der Waals surface area contributed by atoms with E-state index >= 15 is 0 Å². The van der Waals surface area contributed by atoms with Crippen LogP contribution in [0.3, 0.4) is 0 Å². The van der Waals surface area contributed by atoms with Crippen molar-refractivity contribution in [2.45, 2.75) is 18.5 Å². The first kappa shape index (κ1) is 30.7. The van der Waals surface area contributed by atoms with E-state index in [1.807, 2.05) is 42.5 Å². The monoisotopic (exact) mass is 549 g/mol. The maximum absolute atomic E-state index is 9.66. The third-order valence-electron chi connectivity index (χ3n) is 6.12. The lowest BCUT2D eigenvalue weighted by Gasteiger charge is -2.31. The molecule has 2 unspecified atom stereocenters. The van der Waals surface area contributed by atoms with Gasteiger partial charge in [0.1, 0.15) is 29.7 Å². The minimum Gasteiger partial charge on any atom is -0.378 e. The molecule has 10 heteroatoms. The van der Waals surface area contributed by atoms with Gasteiger partial charge in [-0.05, 0) is 30.1 Å². The smallest absolute Gasteiger partial charge is 0.145 e. The Hall–Kier alpha value is -4.52. The molecule has 0 N–H and O–H groups in total. The number of hydrogen-bond acceptors (Lipinski definition) is 8. The van der Waals surface area contributed by atoms with Crippen molar-refractivity contribution in [2.24, 2.45) is 11.8 Å². The number of ether oxygens (including phenoxy) is 1. The Morgan fingerprint density at radius 3 is 2.15 bits per heavy atom. The fraction of sp³-hybridized carbons (Fsp3) is 0.310. The molecule has 0 saturated carbocycles. The molecule has 2 atom stereocenters. The van der Waals surface area contributed by atoms with Gasteiger partial charge in [0.25, 0.3) is 0 Å². The highest BCUT2D eigenvalue weighted by Crippen LogP contribution is 2.36. The summed E-state index contributed by atoms with van der Waals surface area (Å²) in [6.45, 7) is 2.66. The zero-order chi connectivity index (χ0) is 28.6. The quantitative estimate of drug-likeness (QED) is 0.207. The van der Waals surface area contributed by atoms with Crippen LogP contribution in [0, 0.1) is 79.8 Å². The summed E-state index contributed by atoms with van der Waals surface area (Å²) in [5.41, 5.74) is 2.80. The van der Waals surface area contributed by atoms with Crippen LogP contribution in [-0.2, 0) is 4.74 Å². The lowest BCUT2D eigenvalue weighted by molar-refractivity contribution is 0.0547. The van der Waals surface area contributed by atoms with Gasteiger partial charge >= 0.3 is 0 Å². The Kier molecular flexibility index (Phi) is 12.9. The van der Waals surface area contributed by atoms with Gasteiger partial charge in [0, 0.05) is 29.8 Å². The zero-order valence-corrected chi connectivity index (χ0v) is 23.1. The van der Waals surface area contributed by atoms with Crippen LogP contribution in [0.4, 0.5) is 0 Å². The van der Waals surface area contributed by atoms with Gasteiger partial charge in [-0.3, -0.25) is 0 Å². The van der Waals surface area contributed by atoms with Crippen LogP contribution >= 0.6 is 16.4 Å². The van der Waals surface area contributed by atoms with Crippen molar-refractivity contribution in [1.29, 1.82) is 31.6 Å². The van der Waals surface area contributed by atoms with E-state index in [1.165, 1.54) is 0 Å². The molecular formula is C29H25N7OP2. The van der Waals surface area contributed by atoms with Crippen LogP contribution in [-0.4, -0.2) is 49.5 Å². The van der Waals surface area contributed by atoms with Gasteiger partial charge in [0.15, 0.2) is 0 Å². The predicted molar refractivity (Wildman–Crippen MR) is 153 cm³/mol. The molecule has 0 radical (unpaired) electrons. The topological polar surface area (TPSA) is 155 Å². The molecule has 0 spiro atoms. The van der Waals surface area contributed by atoms with Crippen LogP contribution in [0.15, 0.2) is 69.8 Å². The van der Waals surface area contributed by atoms with E-state index in [2.05, 4.69) is 29.6 Å². The minimum atomic E-state index is -0.916. The summed E-state index contributed by atoms with van der Waals surface area (Å²) in [7, 11) is 0.968. The van der Waals surface area contributed by atoms with Crippen LogP contribution < -0.4 is 0 Å². The standard InChI is InChI=1S/C29H25N7OP2/c1-38-28(25(17-32)18-33)23(15-30)7-3-5-21-9-10-22(27(21)36-11-13-37-14-12-36)6-4-8-24(16-31)29(39-2)26(19-34)20-35/h3-8,23,25,28H,1-2,9-14H2. The second-order valence-electron chi connectivity index (χ2n) is 8.27. The van der Waals surface area contributed by atoms with Gasteiger partial charge < -0.3 is 9.64 Å². The number of allylic oxidation sites excluding steroid dienone is 11. The highest BCUT2D eigenvalue weighted by Gasteiger charge is 2.27. The number of nitrogens with zero attached hydrogens (tertiary/aromatic N) is 7. The number of nitriles is 6. The van der Waals surface area contributed by atoms with Crippen molar-refractivity contribution in [3.8, 4) is 36.4 Å². The van der Waals surface area contributed by atoms with Crippen LogP contribution in [0.5, 0.6) is 0 Å². The summed E-state index contributed by atoms with van der Waals surface area (Å²) in [5.74, 6) is -1.54. The maximum Gasteiger partial charge on any atom is 0.145 e. The van der Waals surface area contributed by atoms with Gasteiger partial charge in [0.05, 0.1) is 42.9 Å². The van der Waals surface area contributed by atoms with Crippen LogP contribution in [0.2, 0.25) is 0 Å². The van der Waals surface area contributed by atoms with E-state index in [-0.39, 0.29) is 16.5 Å². The Bertz CT molecular complexity index is 1390. The van der Waals surface area contributed by atoms with E-state index in [9.17, 15) is 31.6 Å². The van der Waals surface area contributed by atoms with E-state index in [1.54, 1.807) is 18.2 Å². The lowest BCUT2D eigenvalue weighted by atomic mass is 9.96. The molecule has 192 valence electrons. The van der Waals surface area contributed by atoms with Crippen molar-refractivity contribution in [3.05, 3.63) is 69.8 Å². The molecular weight excluding hydrogens is 524 g/mol. The molecule has 0 aromatic carbocycles. The van der Waals surface area contributed by atoms with E-state index < -0.39 is 17.5 Å². The molecule has 1 heterocycles. The molecule has 2 rings (SSSR count). The Morgan fingerprint density at radius 1 is 0.923 bits per heavy atom. The molecule has 0 aromatic heterocycles. The molecule has 39 heavy (non-hydrogen) atoms. The summed E-state index contributed by atoms with van der Waals surface area (Å²) >= 11 is 0. The first-order valence-corrected chi connectivity index (χ1v) is 14.1. The van der Waals surface area contributed by atoms with Crippen molar-refractivity contribution in [3.63, 3.8) is 0 Å². The number of rotatable bonds is 10. The van der Waals surface area contributed by atoms with Crippen LogP contribution in [0.1, 0.15) is 12.8 Å². The summed E-state index contributed by atoms with van der Waals surface area (Å²) in [4.78, 5) is 2.26. The molecule has 0 bridgehead atoms. The van der Waals surface area contributed by atoms with Gasteiger partial charge in [-0.2, -0.15) is 31.6 Å². The highest BCUT2D eigenvalue weighted by atomic mass is 31.1. The summed E-state index contributed by atoms with van der Waals surface area (Å²) < 4.78 is 5.53. The van der Waals surface area contributed by atoms with Gasteiger partial charge in [-0.25, -0.2) is 0 Å². The van der Waals surface area contributed by atoms with Crippen LogP contribution in [0.25, 0.3) is 0 Å². The third-order valence-corrected chi connectivity index (χ3v) is 7.94. The average Bonchev–Trinajstić information content (AvgIpc) is 3.38. The Morgan fingerprint density at radius 2 is 1.62 bits per heavy atom. The fourth-order valence-electron chi connectivity index (χ4n) is 4.22. The second-order valence-corrected chi connectivity index (χ2v) is 10.00. The maximum atomic E-state index is 9.66. The molecule has 1 saturated heterocycles. The average molecular weight is 550 g/mol. The molecule has 8 nitrogen and oxygen atoms in total. The molecule has 0 aromatic rings. The highest BCUT2D eigenvalue weighted by molar-refractivity contribution is 7.42. The third kappa shape index (κ3) is 7.98. The molecule has 2 aliphatic rings. The SMILES string of the molecule is C=PC(C(C#N)=CC=CC1=C(N2CCOCC2)C(=CC=CC(C#N)C(P=C)C(C#N)C#N)CC1)=C(C#N)C#N. The second kappa shape index (κ2) is 16.3. The van der Waals surface area contributed by atoms with Crippen molar-refractivity contribution in [2.75, 3.05) is 26.3 Å². The molecule has 1 fully saturated rings. The van der Waals surface area contributed by atoms with Gasteiger partial charge in [0.2, 0.25) is 0 Å². The first-order valence-electron chi connectivity index (χ1n) is 11.9. The van der Waals surface area contributed by atoms with Gasteiger partial charge in [-0.1, -0.05) is 51.2 Å². The minimum absolute atomic E-state index is 0.133.